The average Bonchev–Trinajstić information content (AvgIpc) is 0.773. The van der Waals surface area contributed by atoms with Crippen molar-refractivity contribution in [3.63, 3.8) is 0 Å². The van der Waals surface area contributed by atoms with E-state index in [1.807, 2.05) is 0 Å². The Kier molecular flexibility index (Phi) is 37.5. The van der Waals surface area contributed by atoms with E-state index in [2.05, 4.69) is 219 Å². The smallest absolute Gasteiger partial charge is 0.0334 e. The number of benzene rings is 9. The molecule has 0 aromatic heterocycles. The normalized spacial score (nSPS) is 11.7. The number of unbranched alkanes of at least 4 members (excludes halogenated alkanes) is 45. The zero-order chi connectivity index (χ0) is 74.5. The molecule has 1 aliphatic carbocycles. The van der Waals surface area contributed by atoms with E-state index in [0.717, 1.165) is 104 Å². The summed E-state index contributed by atoms with van der Waals surface area (Å²) in [7, 11) is 0. The van der Waals surface area contributed by atoms with Crippen molar-refractivity contribution in [3.8, 4) is 71.0 Å². The highest BCUT2D eigenvalue weighted by atomic mass is 14.2. The lowest BCUT2D eigenvalue weighted by molar-refractivity contribution is 0.529. The molecule has 1 aliphatic rings. The van der Waals surface area contributed by atoms with Crippen LogP contribution in [-0.2, 0) is 19.3 Å². The molecular formula is C108H132. The van der Waals surface area contributed by atoms with Crippen LogP contribution in [0.1, 0.15) is 379 Å². The van der Waals surface area contributed by atoms with Gasteiger partial charge in [-0.1, -0.05) is 418 Å². The van der Waals surface area contributed by atoms with Crippen LogP contribution in [0.2, 0.25) is 0 Å². The Morgan fingerprint density at radius 1 is 0.157 bits per heavy atom. The third-order valence-corrected chi connectivity index (χ3v) is 23.7. The van der Waals surface area contributed by atoms with Crippen LogP contribution < -0.4 is 0 Å². The maximum absolute atomic E-state index is 3.62. The second-order valence-electron chi connectivity index (χ2n) is 32.1. The SMILES string of the molecule is CCCCCCCCCCCCCCCCCCc1c2cccc3c2cc2c(cccc12)C#CC#Cc1cccc2c(CCCCCCCCCCCCCCCCCC)c4cccc(c4cc12)C#CC#Cc1cccc2c(CCCCCCCCCCCCCCCCCC)c4cccc(c4cc12)C#CC#C3. The second-order valence-corrected chi connectivity index (χ2v) is 32.1. The molecule has 0 unspecified atom stereocenters. The summed E-state index contributed by atoms with van der Waals surface area (Å²) in [5.41, 5.74) is 10.2. The number of hydrogen-bond acceptors (Lipinski definition) is 0. The monoisotopic (exact) mass is 1430 g/mol. The topological polar surface area (TPSA) is 0 Å². The highest BCUT2D eigenvalue weighted by Crippen LogP contribution is 2.38. The second kappa shape index (κ2) is 49.1. The van der Waals surface area contributed by atoms with Crippen molar-refractivity contribution < 1.29 is 0 Å². The van der Waals surface area contributed by atoms with Gasteiger partial charge in [-0.05, 0) is 210 Å². The van der Waals surface area contributed by atoms with Gasteiger partial charge in [0.2, 0.25) is 0 Å². The highest BCUT2D eigenvalue weighted by Gasteiger charge is 2.17. The van der Waals surface area contributed by atoms with Crippen LogP contribution in [0.25, 0.3) is 64.6 Å². The van der Waals surface area contributed by atoms with E-state index in [0.29, 0.717) is 0 Å². The Hall–Kier alpha value is -8.10. The molecule has 0 heterocycles. The van der Waals surface area contributed by atoms with Gasteiger partial charge in [0.1, 0.15) is 0 Å². The summed E-state index contributed by atoms with van der Waals surface area (Å²) in [6.07, 6.45) is 68.4. The molecule has 6 bridgehead atoms. The molecule has 0 radical (unpaired) electrons. The molecule has 108 heavy (non-hydrogen) atoms. The van der Waals surface area contributed by atoms with Crippen LogP contribution >= 0.6 is 0 Å². The zero-order valence-corrected chi connectivity index (χ0v) is 67.7. The van der Waals surface area contributed by atoms with Crippen molar-refractivity contribution in [2.24, 2.45) is 0 Å². The molecule has 0 amide bonds. The minimum absolute atomic E-state index is 0.994. The number of aryl methyl sites for hydroxylation is 3. The van der Waals surface area contributed by atoms with E-state index in [9.17, 15) is 0 Å². The molecule has 0 spiro atoms. The molecule has 0 saturated heterocycles. The minimum atomic E-state index is 0.994. The Bertz CT molecular complexity index is 3950. The third-order valence-electron chi connectivity index (χ3n) is 23.7. The maximum Gasteiger partial charge on any atom is 0.0334 e. The third kappa shape index (κ3) is 26.3. The average molecular weight is 1430 g/mol. The molecular weight excluding hydrogens is 1300 g/mol. The van der Waals surface area contributed by atoms with Crippen LogP contribution in [0, 0.1) is 71.0 Å². The van der Waals surface area contributed by atoms with E-state index < -0.39 is 0 Å². The fourth-order valence-corrected chi connectivity index (χ4v) is 17.4. The predicted molar refractivity (Wildman–Crippen MR) is 475 cm³/mol. The summed E-state index contributed by atoms with van der Waals surface area (Å²) in [6.45, 7) is 6.93. The van der Waals surface area contributed by atoms with Gasteiger partial charge < -0.3 is 0 Å². The molecule has 564 valence electrons. The molecule has 0 fully saturated rings. The van der Waals surface area contributed by atoms with E-state index in [1.165, 1.54) is 338 Å². The summed E-state index contributed by atoms with van der Waals surface area (Å²) in [6, 6.07) is 47.3. The standard InChI is InChI=1S/C108H132/c1-4-7-10-13-16-19-22-25-28-31-34-37-40-43-46-49-76-94-97-79-58-70-88-64-52-54-66-90-72-60-81-99-95(77-50-47-44-41-38-35-32-29-26-23-20-17-14-11-8-5-2)101-83-62-74-92(107(101)86-105(90)99)68-56-57-69-93-75-63-84-102-96(78-51-48-45-42-39-36-33-30-27-24-21-18-15-12-9-6-3)100-82-61-73-91(106(100)87-108(93)102)67-55-53-65-89-71-59-80-98(94)104(89)85-103(88)97/h58-63,70-75,79-87H,4-51,76-78H2,1-3H3. The Labute approximate surface area is 657 Å². The van der Waals surface area contributed by atoms with Gasteiger partial charge in [-0.3, -0.25) is 0 Å². The van der Waals surface area contributed by atoms with Gasteiger partial charge in [-0.25, -0.2) is 0 Å². The zero-order valence-electron chi connectivity index (χ0n) is 67.7. The van der Waals surface area contributed by atoms with Crippen LogP contribution in [0.15, 0.2) is 127 Å². The Balaban J connectivity index is 0.936. The van der Waals surface area contributed by atoms with Gasteiger partial charge in [0.05, 0.1) is 0 Å². The molecule has 0 N–H and O–H groups in total. The predicted octanol–water partition coefficient (Wildman–Crippen LogP) is 31.5. The molecule has 9 aromatic carbocycles. The van der Waals surface area contributed by atoms with Crippen molar-refractivity contribution in [1.29, 1.82) is 0 Å². The molecule has 9 aromatic rings. The Morgan fingerprint density at radius 2 is 0.296 bits per heavy atom. The van der Waals surface area contributed by atoms with Gasteiger partial charge in [0.25, 0.3) is 0 Å². The first kappa shape index (κ1) is 82.4. The molecule has 0 aliphatic heterocycles. The van der Waals surface area contributed by atoms with Gasteiger partial charge in [0, 0.05) is 33.4 Å². The van der Waals surface area contributed by atoms with E-state index in [4.69, 9.17) is 0 Å². The number of hydrogen-bond donors (Lipinski definition) is 0. The first-order chi connectivity index (χ1) is 53.6. The van der Waals surface area contributed by atoms with Gasteiger partial charge in [0.15, 0.2) is 0 Å². The first-order valence-electron chi connectivity index (χ1n) is 44.6. The van der Waals surface area contributed by atoms with E-state index >= 15 is 0 Å². The summed E-state index contributed by atoms with van der Waals surface area (Å²) < 4.78 is 0. The van der Waals surface area contributed by atoms with E-state index in [1.54, 1.807) is 0 Å². The fraction of sp³-hybridized carbons (Fsp3) is 0.500. The lowest BCUT2D eigenvalue weighted by Gasteiger charge is -2.14. The van der Waals surface area contributed by atoms with Crippen LogP contribution in [0.4, 0.5) is 0 Å². The molecule has 10 rings (SSSR count). The first-order valence-corrected chi connectivity index (χ1v) is 44.6. The highest BCUT2D eigenvalue weighted by molar-refractivity contribution is 6.09. The van der Waals surface area contributed by atoms with Crippen molar-refractivity contribution in [2.45, 2.75) is 348 Å². The quantitative estimate of drug-likeness (QED) is 0.0203. The van der Waals surface area contributed by atoms with Crippen molar-refractivity contribution in [2.75, 3.05) is 0 Å². The van der Waals surface area contributed by atoms with Gasteiger partial charge >= 0.3 is 0 Å². The Morgan fingerprint density at radius 3 is 0.444 bits per heavy atom. The minimum Gasteiger partial charge on any atom is -0.0654 e. The van der Waals surface area contributed by atoms with Crippen molar-refractivity contribution in [1.82, 2.24) is 0 Å². The van der Waals surface area contributed by atoms with Crippen LogP contribution in [0.5, 0.6) is 0 Å². The summed E-state index contributed by atoms with van der Waals surface area (Å²) in [4.78, 5) is 0. The molecule has 0 nitrogen and oxygen atoms in total. The van der Waals surface area contributed by atoms with Crippen molar-refractivity contribution in [3.05, 3.63) is 177 Å². The lowest BCUT2D eigenvalue weighted by atomic mass is 9.89. The lowest BCUT2D eigenvalue weighted by Crippen LogP contribution is -1.94. The summed E-state index contributed by atoms with van der Waals surface area (Å²) in [5.74, 6) is 42.1. The summed E-state index contributed by atoms with van der Waals surface area (Å²) >= 11 is 0. The maximum atomic E-state index is 3.62. The van der Waals surface area contributed by atoms with Crippen molar-refractivity contribution >= 4 is 64.6 Å². The molecule has 0 heteroatoms. The van der Waals surface area contributed by atoms with Crippen LogP contribution in [-0.4, -0.2) is 0 Å². The largest absolute Gasteiger partial charge is 0.0654 e. The van der Waals surface area contributed by atoms with Crippen LogP contribution in [0.3, 0.4) is 0 Å². The van der Waals surface area contributed by atoms with Gasteiger partial charge in [-0.2, -0.15) is 0 Å². The molecule has 0 saturated carbocycles. The van der Waals surface area contributed by atoms with Gasteiger partial charge in [-0.15, -0.1) is 0 Å². The fourth-order valence-electron chi connectivity index (χ4n) is 17.4. The number of rotatable bonds is 51. The molecule has 0 atom stereocenters. The van der Waals surface area contributed by atoms with E-state index in [-0.39, 0.29) is 0 Å². The summed E-state index contributed by atoms with van der Waals surface area (Å²) in [5, 5.41) is 14.6.